The first-order chi connectivity index (χ1) is 9.58. The monoisotopic (exact) mass is 275 g/mol. The fourth-order valence-electron chi connectivity index (χ4n) is 1.76. The lowest BCUT2D eigenvalue weighted by molar-refractivity contribution is -0.385. The standard InChI is InChI=1S/C13H13N3O4/c1-10(9-15-8-4-7-14-15)20-13(17)11-5-2-3-6-12(11)16(18)19/h2-8,10H,9H2,1H3. The van der Waals surface area contributed by atoms with Crippen molar-refractivity contribution in [3.63, 3.8) is 0 Å². The van der Waals surface area contributed by atoms with E-state index in [9.17, 15) is 14.9 Å². The number of nitro groups is 1. The van der Waals surface area contributed by atoms with Crippen LogP contribution in [0.15, 0.2) is 42.7 Å². The summed E-state index contributed by atoms with van der Waals surface area (Å²) in [7, 11) is 0. The van der Waals surface area contributed by atoms with E-state index in [0.29, 0.717) is 6.54 Å². The molecule has 0 N–H and O–H groups in total. The van der Waals surface area contributed by atoms with E-state index < -0.39 is 17.0 Å². The summed E-state index contributed by atoms with van der Waals surface area (Å²) in [5.74, 6) is -0.711. The van der Waals surface area contributed by atoms with Crippen LogP contribution in [0.25, 0.3) is 0 Å². The van der Waals surface area contributed by atoms with Crippen LogP contribution in [-0.4, -0.2) is 26.8 Å². The predicted octanol–water partition coefficient (Wildman–Crippen LogP) is 2.04. The minimum absolute atomic E-state index is 0.0511. The van der Waals surface area contributed by atoms with Crippen molar-refractivity contribution in [2.24, 2.45) is 0 Å². The lowest BCUT2D eigenvalue weighted by Crippen LogP contribution is -2.21. The summed E-state index contributed by atoms with van der Waals surface area (Å²) in [6, 6.07) is 7.47. The highest BCUT2D eigenvalue weighted by Crippen LogP contribution is 2.19. The first-order valence-corrected chi connectivity index (χ1v) is 5.99. The molecule has 1 aromatic carbocycles. The minimum atomic E-state index is -0.711. The number of nitrogens with zero attached hydrogens (tertiary/aromatic N) is 3. The van der Waals surface area contributed by atoms with Crippen molar-refractivity contribution in [2.75, 3.05) is 0 Å². The van der Waals surface area contributed by atoms with E-state index in [1.807, 2.05) is 0 Å². The van der Waals surface area contributed by atoms with Crippen LogP contribution in [0.2, 0.25) is 0 Å². The van der Waals surface area contributed by atoms with E-state index >= 15 is 0 Å². The summed E-state index contributed by atoms with van der Waals surface area (Å²) in [4.78, 5) is 22.2. The van der Waals surface area contributed by atoms with Gasteiger partial charge in [0.2, 0.25) is 0 Å². The zero-order chi connectivity index (χ0) is 14.5. The number of carbonyl (C=O) groups excluding carboxylic acids is 1. The molecule has 20 heavy (non-hydrogen) atoms. The van der Waals surface area contributed by atoms with Gasteiger partial charge >= 0.3 is 5.97 Å². The molecule has 7 nitrogen and oxygen atoms in total. The number of ether oxygens (including phenoxy) is 1. The molecule has 1 unspecified atom stereocenters. The van der Waals surface area contributed by atoms with Gasteiger partial charge in [0.1, 0.15) is 11.7 Å². The molecule has 0 aliphatic rings. The predicted molar refractivity (Wildman–Crippen MR) is 70.2 cm³/mol. The molecule has 0 radical (unpaired) electrons. The first kappa shape index (κ1) is 13.7. The van der Waals surface area contributed by atoms with Crippen LogP contribution >= 0.6 is 0 Å². The van der Waals surface area contributed by atoms with Gasteiger partial charge in [0.25, 0.3) is 5.69 Å². The third-order valence-corrected chi connectivity index (χ3v) is 2.63. The van der Waals surface area contributed by atoms with Crippen LogP contribution in [0.4, 0.5) is 5.69 Å². The summed E-state index contributed by atoms with van der Waals surface area (Å²) in [6.45, 7) is 2.09. The zero-order valence-corrected chi connectivity index (χ0v) is 10.8. The molecule has 1 atom stereocenters. The van der Waals surface area contributed by atoms with Gasteiger partial charge in [-0.3, -0.25) is 14.8 Å². The summed E-state index contributed by atoms with van der Waals surface area (Å²) >= 11 is 0. The number of para-hydroxylation sites is 1. The largest absolute Gasteiger partial charge is 0.457 e. The summed E-state index contributed by atoms with van der Waals surface area (Å²) < 4.78 is 6.82. The average molecular weight is 275 g/mol. The fraction of sp³-hybridized carbons (Fsp3) is 0.231. The van der Waals surface area contributed by atoms with Crippen molar-refractivity contribution in [2.45, 2.75) is 19.6 Å². The molecule has 1 aromatic heterocycles. The molecular formula is C13H13N3O4. The van der Waals surface area contributed by atoms with Gasteiger partial charge in [0, 0.05) is 18.5 Å². The molecule has 0 aliphatic heterocycles. The SMILES string of the molecule is CC(Cn1cccn1)OC(=O)c1ccccc1[N+](=O)[O-]. The quantitative estimate of drug-likeness (QED) is 0.473. The Labute approximate surface area is 114 Å². The molecule has 0 amide bonds. The maximum Gasteiger partial charge on any atom is 0.345 e. The van der Waals surface area contributed by atoms with Gasteiger partial charge in [0.15, 0.2) is 0 Å². The summed E-state index contributed by atoms with van der Waals surface area (Å²) in [6.07, 6.45) is 2.92. The molecule has 7 heteroatoms. The van der Waals surface area contributed by atoms with Gasteiger partial charge in [-0.1, -0.05) is 12.1 Å². The minimum Gasteiger partial charge on any atom is -0.457 e. The lowest BCUT2D eigenvalue weighted by atomic mass is 10.2. The van der Waals surface area contributed by atoms with Gasteiger partial charge in [-0.2, -0.15) is 5.10 Å². The molecule has 1 heterocycles. The number of nitro benzene ring substituents is 1. The highest BCUT2D eigenvalue weighted by Gasteiger charge is 2.22. The third-order valence-electron chi connectivity index (χ3n) is 2.63. The van der Waals surface area contributed by atoms with Gasteiger partial charge in [-0.05, 0) is 19.1 Å². The summed E-state index contributed by atoms with van der Waals surface area (Å²) in [5, 5.41) is 14.9. The fourth-order valence-corrected chi connectivity index (χ4v) is 1.76. The number of hydrogen-bond donors (Lipinski definition) is 0. The Kier molecular flexibility index (Phi) is 4.09. The van der Waals surface area contributed by atoms with Crippen molar-refractivity contribution < 1.29 is 14.5 Å². The Morgan fingerprint density at radius 1 is 1.45 bits per heavy atom. The van der Waals surface area contributed by atoms with E-state index in [0.717, 1.165) is 0 Å². The van der Waals surface area contributed by atoms with Crippen LogP contribution < -0.4 is 0 Å². The molecule has 0 saturated heterocycles. The molecule has 0 aliphatic carbocycles. The van der Waals surface area contributed by atoms with Gasteiger partial charge in [-0.25, -0.2) is 4.79 Å². The number of hydrogen-bond acceptors (Lipinski definition) is 5. The molecule has 0 fully saturated rings. The number of rotatable bonds is 5. The molecule has 0 spiro atoms. The molecule has 104 valence electrons. The Morgan fingerprint density at radius 2 is 2.20 bits per heavy atom. The van der Waals surface area contributed by atoms with E-state index in [1.54, 1.807) is 36.1 Å². The van der Waals surface area contributed by atoms with Crippen LogP contribution in [0.5, 0.6) is 0 Å². The highest BCUT2D eigenvalue weighted by atomic mass is 16.6. The molecule has 2 rings (SSSR count). The van der Waals surface area contributed by atoms with Crippen LogP contribution in [0, 0.1) is 10.1 Å². The average Bonchev–Trinajstić information content (AvgIpc) is 2.91. The van der Waals surface area contributed by atoms with Crippen LogP contribution in [0.3, 0.4) is 0 Å². The van der Waals surface area contributed by atoms with Gasteiger partial charge < -0.3 is 4.74 Å². The zero-order valence-electron chi connectivity index (χ0n) is 10.8. The molecule has 0 bridgehead atoms. The number of benzene rings is 1. The van der Waals surface area contributed by atoms with E-state index in [4.69, 9.17) is 4.74 Å². The summed E-state index contributed by atoms with van der Waals surface area (Å²) in [5.41, 5.74) is -0.311. The second-order valence-electron chi connectivity index (χ2n) is 4.22. The van der Waals surface area contributed by atoms with Crippen molar-refractivity contribution in [3.8, 4) is 0 Å². The maximum atomic E-state index is 12.0. The number of esters is 1. The van der Waals surface area contributed by atoms with E-state index in [2.05, 4.69) is 5.10 Å². The van der Waals surface area contributed by atoms with Gasteiger partial charge in [-0.15, -0.1) is 0 Å². The highest BCUT2D eigenvalue weighted by molar-refractivity contribution is 5.93. The molecular weight excluding hydrogens is 262 g/mol. The van der Waals surface area contributed by atoms with Crippen molar-refractivity contribution in [1.29, 1.82) is 0 Å². The second kappa shape index (κ2) is 5.96. The van der Waals surface area contributed by atoms with E-state index in [-0.39, 0.29) is 11.3 Å². The normalized spacial score (nSPS) is 11.8. The number of carbonyl (C=O) groups is 1. The Hall–Kier alpha value is -2.70. The van der Waals surface area contributed by atoms with E-state index in [1.165, 1.54) is 18.2 Å². The third kappa shape index (κ3) is 3.19. The van der Waals surface area contributed by atoms with Crippen molar-refractivity contribution >= 4 is 11.7 Å². The molecule has 0 saturated carbocycles. The lowest BCUT2D eigenvalue weighted by Gasteiger charge is -2.13. The smallest absolute Gasteiger partial charge is 0.345 e. The topological polar surface area (TPSA) is 87.3 Å². The van der Waals surface area contributed by atoms with Crippen molar-refractivity contribution in [3.05, 3.63) is 58.4 Å². The van der Waals surface area contributed by atoms with Crippen molar-refractivity contribution in [1.82, 2.24) is 9.78 Å². The Bertz CT molecular complexity index is 610. The van der Waals surface area contributed by atoms with Crippen LogP contribution in [0.1, 0.15) is 17.3 Å². The number of aromatic nitrogens is 2. The molecule has 2 aromatic rings. The van der Waals surface area contributed by atoms with Gasteiger partial charge in [0.05, 0.1) is 11.5 Å². The Balaban J connectivity index is 2.06. The maximum absolute atomic E-state index is 12.0. The second-order valence-corrected chi connectivity index (χ2v) is 4.22. The Morgan fingerprint density at radius 3 is 2.85 bits per heavy atom. The van der Waals surface area contributed by atoms with Crippen LogP contribution in [-0.2, 0) is 11.3 Å². The first-order valence-electron chi connectivity index (χ1n) is 5.99.